The number of halogens is 1. The third-order valence-electron chi connectivity index (χ3n) is 2.59. The first-order chi connectivity index (χ1) is 8.12. The minimum Gasteiger partial charge on any atom is -0.496 e. The van der Waals surface area contributed by atoms with E-state index in [-0.39, 0.29) is 6.04 Å². The van der Waals surface area contributed by atoms with E-state index in [2.05, 4.69) is 0 Å². The molecule has 1 aromatic carbocycles. The van der Waals surface area contributed by atoms with Crippen molar-refractivity contribution >= 4 is 0 Å². The van der Waals surface area contributed by atoms with Crippen LogP contribution in [0.25, 0.3) is 0 Å². The van der Waals surface area contributed by atoms with Gasteiger partial charge in [0.25, 0.3) is 0 Å². The number of nitrogens with two attached hydrogens (primary N) is 1. The number of hydrogen-bond donors (Lipinski definition) is 1. The second-order valence-electron chi connectivity index (χ2n) is 4.10. The van der Waals surface area contributed by atoms with Crippen LogP contribution in [0.1, 0.15) is 18.1 Å². The predicted octanol–water partition coefficient (Wildman–Crippen LogP) is 2.11. The van der Waals surface area contributed by atoms with Crippen molar-refractivity contribution < 1.29 is 13.9 Å². The molecule has 0 heterocycles. The quantitative estimate of drug-likeness (QED) is 0.829. The van der Waals surface area contributed by atoms with Crippen LogP contribution < -0.4 is 15.2 Å². The number of aryl methyl sites for hydroxylation is 1. The van der Waals surface area contributed by atoms with E-state index in [1.807, 2.05) is 19.1 Å². The lowest BCUT2D eigenvalue weighted by atomic mass is 10.0. The predicted molar refractivity (Wildman–Crippen MR) is 66.6 cm³/mol. The molecule has 1 rings (SSSR count). The minimum absolute atomic E-state index is 0.0423. The van der Waals surface area contributed by atoms with E-state index < -0.39 is 6.67 Å². The molecule has 0 aliphatic carbocycles. The van der Waals surface area contributed by atoms with Crippen molar-refractivity contribution in [3.63, 3.8) is 0 Å². The van der Waals surface area contributed by atoms with Crippen LogP contribution in [0.4, 0.5) is 4.39 Å². The van der Waals surface area contributed by atoms with Gasteiger partial charge in [0, 0.05) is 18.0 Å². The lowest BCUT2D eigenvalue weighted by Crippen LogP contribution is -2.18. The zero-order valence-electron chi connectivity index (χ0n) is 10.6. The lowest BCUT2D eigenvalue weighted by Gasteiger charge is -2.15. The molecule has 0 radical (unpaired) electrons. The largest absolute Gasteiger partial charge is 0.496 e. The molecular formula is C13H20FNO2. The van der Waals surface area contributed by atoms with Gasteiger partial charge in [0.2, 0.25) is 0 Å². The normalized spacial score (nSPS) is 12.3. The summed E-state index contributed by atoms with van der Waals surface area (Å²) in [7, 11) is 3.19. The Kier molecular flexibility index (Phi) is 5.22. The Morgan fingerprint density at radius 1 is 1.18 bits per heavy atom. The highest BCUT2D eigenvalue weighted by molar-refractivity contribution is 5.47. The van der Waals surface area contributed by atoms with Crippen LogP contribution in [0.3, 0.4) is 0 Å². The second-order valence-corrected chi connectivity index (χ2v) is 4.10. The van der Waals surface area contributed by atoms with Gasteiger partial charge in [0.15, 0.2) is 0 Å². The summed E-state index contributed by atoms with van der Waals surface area (Å²) in [5.74, 6) is 1.44. The molecule has 1 aromatic rings. The molecule has 0 amide bonds. The van der Waals surface area contributed by atoms with Gasteiger partial charge in [-0.25, -0.2) is 0 Å². The Labute approximate surface area is 102 Å². The van der Waals surface area contributed by atoms with Gasteiger partial charge in [-0.15, -0.1) is 0 Å². The van der Waals surface area contributed by atoms with E-state index in [0.717, 1.165) is 16.9 Å². The summed E-state index contributed by atoms with van der Waals surface area (Å²) < 4.78 is 23.0. The molecule has 4 heteroatoms. The second kappa shape index (κ2) is 6.45. The van der Waals surface area contributed by atoms with Crippen LogP contribution >= 0.6 is 0 Å². The summed E-state index contributed by atoms with van der Waals surface area (Å²) in [5, 5.41) is 0. The summed E-state index contributed by atoms with van der Waals surface area (Å²) in [5.41, 5.74) is 7.59. The number of rotatable bonds is 6. The molecule has 0 saturated heterocycles. The van der Waals surface area contributed by atoms with Gasteiger partial charge in [0.1, 0.15) is 11.5 Å². The molecular weight excluding hydrogens is 221 g/mol. The van der Waals surface area contributed by atoms with Crippen molar-refractivity contribution in [3.05, 3.63) is 23.3 Å². The van der Waals surface area contributed by atoms with Crippen LogP contribution in [0.15, 0.2) is 12.1 Å². The first kappa shape index (κ1) is 13.8. The Morgan fingerprint density at radius 3 is 2.18 bits per heavy atom. The molecule has 0 aliphatic heterocycles. The fourth-order valence-electron chi connectivity index (χ4n) is 1.83. The van der Waals surface area contributed by atoms with Crippen molar-refractivity contribution in [2.75, 3.05) is 20.9 Å². The molecule has 0 unspecified atom stereocenters. The van der Waals surface area contributed by atoms with Crippen LogP contribution in [0.2, 0.25) is 0 Å². The number of methoxy groups -OCH3 is 2. The van der Waals surface area contributed by atoms with Gasteiger partial charge >= 0.3 is 0 Å². The van der Waals surface area contributed by atoms with E-state index in [4.69, 9.17) is 15.2 Å². The Bertz CT molecular complexity index is 367. The number of ether oxygens (including phenoxy) is 2. The van der Waals surface area contributed by atoms with E-state index in [0.29, 0.717) is 18.6 Å². The van der Waals surface area contributed by atoms with Gasteiger partial charge in [-0.3, -0.25) is 4.39 Å². The molecule has 3 nitrogen and oxygen atoms in total. The van der Waals surface area contributed by atoms with Crippen molar-refractivity contribution in [3.8, 4) is 11.5 Å². The molecule has 17 heavy (non-hydrogen) atoms. The molecule has 2 N–H and O–H groups in total. The van der Waals surface area contributed by atoms with Crippen molar-refractivity contribution in [1.82, 2.24) is 0 Å². The van der Waals surface area contributed by atoms with Crippen molar-refractivity contribution in [2.24, 2.45) is 5.73 Å². The molecule has 1 atom stereocenters. The fourth-order valence-corrected chi connectivity index (χ4v) is 1.83. The number of hydrogen-bond acceptors (Lipinski definition) is 3. The summed E-state index contributed by atoms with van der Waals surface area (Å²) in [6.45, 7) is 1.52. The third kappa shape index (κ3) is 3.60. The highest BCUT2D eigenvalue weighted by atomic mass is 19.1. The molecule has 96 valence electrons. The highest BCUT2D eigenvalue weighted by Gasteiger charge is 2.12. The van der Waals surface area contributed by atoms with E-state index in [9.17, 15) is 4.39 Å². The summed E-state index contributed by atoms with van der Waals surface area (Å²) >= 11 is 0. The van der Waals surface area contributed by atoms with Crippen molar-refractivity contribution in [1.29, 1.82) is 0 Å². The zero-order chi connectivity index (χ0) is 12.8. The smallest absolute Gasteiger partial charge is 0.122 e. The first-order valence-corrected chi connectivity index (χ1v) is 5.67. The summed E-state index contributed by atoms with van der Waals surface area (Å²) in [6, 6.07) is 3.75. The molecule has 0 aromatic heterocycles. The maximum Gasteiger partial charge on any atom is 0.122 e. The minimum atomic E-state index is -0.411. The first-order valence-electron chi connectivity index (χ1n) is 5.67. The maximum atomic E-state index is 12.4. The van der Waals surface area contributed by atoms with E-state index in [1.165, 1.54) is 0 Å². The molecule has 0 spiro atoms. The molecule has 0 fully saturated rings. The van der Waals surface area contributed by atoms with Gasteiger partial charge < -0.3 is 15.2 Å². The maximum absolute atomic E-state index is 12.4. The van der Waals surface area contributed by atoms with E-state index >= 15 is 0 Å². The fraction of sp³-hybridized carbons (Fsp3) is 0.538. The summed E-state index contributed by atoms with van der Waals surface area (Å²) in [6.07, 6.45) is 1.04. The lowest BCUT2D eigenvalue weighted by molar-refractivity contribution is 0.390. The SMILES string of the molecule is COc1cc(C[C@@H](C)N)c(OC)cc1CCF. The number of alkyl halides is 1. The molecule has 0 bridgehead atoms. The zero-order valence-corrected chi connectivity index (χ0v) is 10.6. The standard InChI is InChI=1S/C13H20FNO2/c1-9(15)6-11-8-12(16-2)10(4-5-14)7-13(11)17-3/h7-9H,4-6,15H2,1-3H3/t9-/m1/s1. The molecule has 0 saturated carbocycles. The van der Waals surface area contributed by atoms with Crippen LogP contribution in [-0.2, 0) is 12.8 Å². The topological polar surface area (TPSA) is 44.5 Å². The monoisotopic (exact) mass is 241 g/mol. The molecule has 0 aliphatic rings. The van der Waals surface area contributed by atoms with Gasteiger partial charge in [-0.2, -0.15) is 0 Å². The van der Waals surface area contributed by atoms with E-state index in [1.54, 1.807) is 14.2 Å². The average molecular weight is 241 g/mol. The Hall–Kier alpha value is -1.29. The van der Waals surface area contributed by atoms with Gasteiger partial charge in [-0.1, -0.05) is 0 Å². The Morgan fingerprint density at radius 2 is 1.71 bits per heavy atom. The van der Waals surface area contributed by atoms with Gasteiger partial charge in [0.05, 0.1) is 20.9 Å². The Balaban J connectivity index is 3.12. The number of benzene rings is 1. The third-order valence-corrected chi connectivity index (χ3v) is 2.59. The highest BCUT2D eigenvalue weighted by Crippen LogP contribution is 2.30. The van der Waals surface area contributed by atoms with Gasteiger partial charge in [-0.05, 0) is 31.0 Å². The summed E-state index contributed by atoms with van der Waals surface area (Å²) in [4.78, 5) is 0. The van der Waals surface area contributed by atoms with Crippen LogP contribution in [0, 0.1) is 0 Å². The van der Waals surface area contributed by atoms with Crippen molar-refractivity contribution in [2.45, 2.75) is 25.8 Å². The average Bonchev–Trinajstić information content (AvgIpc) is 2.30. The van der Waals surface area contributed by atoms with Crippen LogP contribution in [-0.4, -0.2) is 26.9 Å². The van der Waals surface area contributed by atoms with Crippen LogP contribution in [0.5, 0.6) is 11.5 Å².